The molecule has 1 amide bonds. The van der Waals surface area contributed by atoms with Crippen LogP contribution in [0, 0.1) is 12.8 Å². The Balaban J connectivity index is 1.53. The zero-order valence-corrected chi connectivity index (χ0v) is 18.2. The number of amides is 1. The minimum atomic E-state index is -3.58. The number of aryl methyl sites for hydroxylation is 1. The molecule has 7 heteroatoms. The Morgan fingerprint density at radius 1 is 1.11 bits per heavy atom. The molecule has 1 unspecified atom stereocenters. The number of fused-ring (bicyclic) bond motifs is 1. The van der Waals surface area contributed by atoms with E-state index in [1.54, 1.807) is 24.3 Å². The fourth-order valence-electron chi connectivity index (χ4n) is 4.04. The minimum absolute atomic E-state index is 0.0323. The predicted octanol–water partition coefficient (Wildman–Crippen LogP) is 3.75. The molecule has 2 aromatic rings. The van der Waals surface area contributed by atoms with E-state index in [-0.39, 0.29) is 18.4 Å². The Kier molecular flexibility index (Phi) is 5.33. The average molecular weight is 463 g/mol. The topological polar surface area (TPSA) is 57.7 Å². The van der Waals surface area contributed by atoms with Crippen molar-refractivity contribution in [3.05, 3.63) is 58.1 Å². The van der Waals surface area contributed by atoms with Crippen molar-refractivity contribution in [1.29, 1.82) is 0 Å². The fraction of sp³-hybridized carbons (Fsp3) is 0.381. The second-order valence-electron chi connectivity index (χ2n) is 7.53. The average Bonchev–Trinajstić information content (AvgIpc) is 3.10. The quantitative estimate of drug-likeness (QED) is 0.697. The standard InChI is InChI=1S/C21H23BrN2O3S/c1-15-4-7-19(8-5-15)28(26,27)23-11-2-3-17(14-23)21(25)24-12-10-16-13-18(22)6-9-20(16)24/h4-9,13,17H,2-3,10-12,14H2,1H3. The van der Waals surface area contributed by atoms with E-state index in [1.165, 1.54) is 4.31 Å². The van der Waals surface area contributed by atoms with Crippen molar-refractivity contribution in [2.45, 2.75) is 31.1 Å². The molecule has 1 saturated heterocycles. The zero-order chi connectivity index (χ0) is 19.9. The van der Waals surface area contributed by atoms with Gasteiger partial charge in [0.15, 0.2) is 0 Å². The summed E-state index contributed by atoms with van der Waals surface area (Å²) in [4.78, 5) is 15.3. The predicted molar refractivity (Wildman–Crippen MR) is 113 cm³/mol. The lowest BCUT2D eigenvalue weighted by Crippen LogP contribution is -2.46. The van der Waals surface area contributed by atoms with E-state index < -0.39 is 10.0 Å². The molecule has 2 aromatic carbocycles. The first-order valence-corrected chi connectivity index (χ1v) is 11.8. The number of benzene rings is 2. The van der Waals surface area contributed by atoms with Crippen molar-refractivity contribution >= 4 is 37.5 Å². The highest BCUT2D eigenvalue weighted by atomic mass is 79.9. The third-order valence-electron chi connectivity index (χ3n) is 5.60. The maximum absolute atomic E-state index is 13.2. The van der Waals surface area contributed by atoms with Crippen molar-refractivity contribution < 1.29 is 13.2 Å². The molecule has 1 atom stereocenters. The molecule has 5 nitrogen and oxygen atoms in total. The molecule has 2 aliphatic heterocycles. The summed E-state index contributed by atoms with van der Waals surface area (Å²) in [5.41, 5.74) is 3.12. The maximum atomic E-state index is 13.2. The van der Waals surface area contributed by atoms with Crippen molar-refractivity contribution in [3.8, 4) is 0 Å². The normalized spacial score (nSPS) is 20.2. The van der Waals surface area contributed by atoms with Crippen LogP contribution in [0.3, 0.4) is 0 Å². The molecule has 0 aliphatic carbocycles. The molecule has 0 spiro atoms. The Morgan fingerprint density at radius 2 is 1.86 bits per heavy atom. The number of carbonyl (C=O) groups excluding carboxylic acids is 1. The Bertz CT molecular complexity index is 1000. The van der Waals surface area contributed by atoms with Gasteiger partial charge in [-0.1, -0.05) is 33.6 Å². The first kappa shape index (κ1) is 19.6. The molecule has 0 saturated carbocycles. The van der Waals surface area contributed by atoms with Crippen LogP contribution in [0.1, 0.15) is 24.0 Å². The monoisotopic (exact) mass is 462 g/mol. The van der Waals surface area contributed by atoms with Gasteiger partial charge in [-0.05, 0) is 62.1 Å². The van der Waals surface area contributed by atoms with Crippen molar-refractivity contribution in [3.63, 3.8) is 0 Å². The Labute approximate surface area is 174 Å². The molecular weight excluding hydrogens is 440 g/mol. The zero-order valence-electron chi connectivity index (χ0n) is 15.8. The van der Waals surface area contributed by atoms with Crippen LogP contribution < -0.4 is 4.90 Å². The van der Waals surface area contributed by atoms with Gasteiger partial charge in [0.05, 0.1) is 10.8 Å². The summed E-state index contributed by atoms with van der Waals surface area (Å²) >= 11 is 3.48. The first-order chi connectivity index (χ1) is 13.4. The minimum Gasteiger partial charge on any atom is -0.312 e. The van der Waals surface area contributed by atoms with Gasteiger partial charge in [0, 0.05) is 29.8 Å². The second kappa shape index (κ2) is 7.61. The van der Waals surface area contributed by atoms with Crippen LogP contribution >= 0.6 is 15.9 Å². The molecule has 0 N–H and O–H groups in total. The summed E-state index contributed by atoms with van der Waals surface area (Å²) in [6, 6.07) is 12.9. The van der Waals surface area contributed by atoms with E-state index in [1.807, 2.05) is 24.0 Å². The van der Waals surface area contributed by atoms with Crippen LogP contribution in [0.4, 0.5) is 5.69 Å². The molecule has 0 bridgehead atoms. The van der Waals surface area contributed by atoms with E-state index in [2.05, 4.69) is 22.0 Å². The highest BCUT2D eigenvalue weighted by molar-refractivity contribution is 9.10. The van der Waals surface area contributed by atoms with Gasteiger partial charge in [-0.2, -0.15) is 4.31 Å². The van der Waals surface area contributed by atoms with E-state index in [4.69, 9.17) is 0 Å². The molecule has 1 fully saturated rings. The summed E-state index contributed by atoms with van der Waals surface area (Å²) in [6.45, 7) is 3.30. The van der Waals surface area contributed by atoms with Crippen LogP contribution in [-0.4, -0.2) is 38.3 Å². The number of piperidine rings is 1. The molecule has 2 aliphatic rings. The van der Waals surface area contributed by atoms with Gasteiger partial charge in [-0.3, -0.25) is 4.79 Å². The highest BCUT2D eigenvalue weighted by Crippen LogP contribution is 2.33. The highest BCUT2D eigenvalue weighted by Gasteiger charge is 2.36. The van der Waals surface area contributed by atoms with Gasteiger partial charge < -0.3 is 4.90 Å². The van der Waals surface area contributed by atoms with Crippen LogP contribution in [-0.2, 0) is 21.2 Å². The SMILES string of the molecule is Cc1ccc(S(=O)(=O)N2CCCC(C(=O)N3CCc4cc(Br)ccc43)C2)cc1. The lowest BCUT2D eigenvalue weighted by Gasteiger charge is -2.33. The molecule has 148 valence electrons. The molecule has 0 radical (unpaired) electrons. The molecule has 2 heterocycles. The van der Waals surface area contributed by atoms with Gasteiger partial charge >= 0.3 is 0 Å². The largest absolute Gasteiger partial charge is 0.312 e. The Hall–Kier alpha value is -1.70. The number of nitrogens with zero attached hydrogens (tertiary/aromatic N) is 2. The summed E-state index contributed by atoms with van der Waals surface area (Å²) < 4.78 is 28.5. The fourth-order valence-corrected chi connectivity index (χ4v) is 5.97. The Morgan fingerprint density at radius 3 is 2.61 bits per heavy atom. The molecule has 4 rings (SSSR count). The van der Waals surface area contributed by atoms with E-state index in [0.717, 1.165) is 34.1 Å². The van der Waals surface area contributed by atoms with Gasteiger partial charge in [-0.25, -0.2) is 8.42 Å². The third kappa shape index (κ3) is 3.63. The van der Waals surface area contributed by atoms with E-state index in [0.29, 0.717) is 24.4 Å². The molecule has 0 aromatic heterocycles. The number of sulfonamides is 1. The van der Waals surface area contributed by atoms with Crippen LogP contribution in [0.25, 0.3) is 0 Å². The lowest BCUT2D eigenvalue weighted by molar-refractivity contribution is -0.123. The van der Waals surface area contributed by atoms with Gasteiger partial charge in [0.1, 0.15) is 0 Å². The summed E-state index contributed by atoms with van der Waals surface area (Å²) in [7, 11) is -3.58. The van der Waals surface area contributed by atoms with Gasteiger partial charge in [0.2, 0.25) is 15.9 Å². The maximum Gasteiger partial charge on any atom is 0.243 e. The number of rotatable bonds is 3. The summed E-state index contributed by atoms with van der Waals surface area (Å²) in [5, 5.41) is 0. The van der Waals surface area contributed by atoms with Crippen LogP contribution in [0.5, 0.6) is 0 Å². The molecular formula is C21H23BrN2O3S. The van der Waals surface area contributed by atoms with Crippen molar-refractivity contribution in [2.24, 2.45) is 5.92 Å². The lowest BCUT2D eigenvalue weighted by atomic mass is 9.98. The van der Waals surface area contributed by atoms with Crippen molar-refractivity contribution in [2.75, 3.05) is 24.5 Å². The van der Waals surface area contributed by atoms with Crippen molar-refractivity contribution in [1.82, 2.24) is 4.31 Å². The number of halogens is 1. The van der Waals surface area contributed by atoms with Crippen LogP contribution in [0.2, 0.25) is 0 Å². The van der Waals surface area contributed by atoms with Gasteiger partial charge in [0.25, 0.3) is 0 Å². The number of anilines is 1. The smallest absolute Gasteiger partial charge is 0.243 e. The number of carbonyl (C=O) groups is 1. The summed E-state index contributed by atoms with van der Waals surface area (Å²) in [6.07, 6.45) is 2.25. The molecule has 28 heavy (non-hydrogen) atoms. The van der Waals surface area contributed by atoms with E-state index in [9.17, 15) is 13.2 Å². The van der Waals surface area contributed by atoms with E-state index >= 15 is 0 Å². The number of hydrogen-bond acceptors (Lipinski definition) is 3. The number of hydrogen-bond donors (Lipinski definition) is 0. The van der Waals surface area contributed by atoms with Crippen LogP contribution in [0.15, 0.2) is 51.8 Å². The summed E-state index contributed by atoms with van der Waals surface area (Å²) in [5.74, 6) is -0.270. The van der Waals surface area contributed by atoms with Gasteiger partial charge in [-0.15, -0.1) is 0 Å². The third-order valence-corrected chi connectivity index (χ3v) is 7.97. The first-order valence-electron chi connectivity index (χ1n) is 9.53. The second-order valence-corrected chi connectivity index (χ2v) is 10.4.